The van der Waals surface area contributed by atoms with E-state index in [1.165, 1.54) is 0 Å². The molecule has 30 heavy (non-hydrogen) atoms. The Morgan fingerprint density at radius 2 is 1.97 bits per heavy atom. The predicted octanol–water partition coefficient (Wildman–Crippen LogP) is 2.98. The number of nitrogens with one attached hydrogen (secondary N) is 2. The summed E-state index contributed by atoms with van der Waals surface area (Å²) >= 11 is 0. The number of amides is 1. The van der Waals surface area contributed by atoms with Gasteiger partial charge < -0.3 is 20.8 Å². The lowest BCUT2D eigenvalue weighted by Gasteiger charge is -2.33. The van der Waals surface area contributed by atoms with Gasteiger partial charge in [0.2, 0.25) is 5.91 Å². The molecule has 160 valence electrons. The monoisotopic (exact) mass is 409 g/mol. The van der Waals surface area contributed by atoms with Gasteiger partial charge in [-0.3, -0.25) is 9.69 Å². The van der Waals surface area contributed by atoms with E-state index in [1.54, 1.807) is 0 Å². The maximum atomic E-state index is 12.5. The number of piperidine rings is 1. The summed E-state index contributed by atoms with van der Waals surface area (Å²) in [5.74, 6) is 0.00127. The van der Waals surface area contributed by atoms with Crippen molar-refractivity contribution in [1.29, 1.82) is 0 Å². The summed E-state index contributed by atoms with van der Waals surface area (Å²) in [5, 5.41) is 26.1. The molecule has 0 radical (unpaired) electrons. The first-order valence-corrected chi connectivity index (χ1v) is 10.8. The lowest BCUT2D eigenvalue weighted by molar-refractivity contribution is -0.117. The van der Waals surface area contributed by atoms with E-state index < -0.39 is 0 Å². The van der Waals surface area contributed by atoms with Crippen LogP contribution in [0.25, 0.3) is 0 Å². The molecule has 1 aliphatic carbocycles. The highest BCUT2D eigenvalue weighted by molar-refractivity contribution is 5.92. The third-order valence-corrected chi connectivity index (χ3v) is 6.31. The van der Waals surface area contributed by atoms with Gasteiger partial charge in [0.25, 0.3) is 0 Å². The quantitative estimate of drug-likeness (QED) is 0.590. The fourth-order valence-corrected chi connectivity index (χ4v) is 4.58. The van der Waals surface area contributed by atoms with Gasteiger partial charge in [-0.15, -0.1) is 0 Å². The molecule has 1 unspecified atom stereocenters. The van der Waals surface area contributed by atoms with Gasteiger partial charge in [0.15, 0.2) is 0 Å². The number of rotatable bonds is 6. The van der Waals surface area contributed by atoms with Crippen LogP contribution in [0.2, 0.25) is 0 Å². The molecule has 2 aromatic carbocycles. The predicted molar refractivity (Wildman–Crippen MR) is 119 cm³/mol. The number of carbonyl (C=O) groups is 1. The summed E-state index contributed by atoms with van der Waals surface area (Å²) in [4.78, 5) is 14.7. The minimum absolute atomic E-state index is 0.00127. The third kappa shape index (κ3) is 4.67. The highest BCUT2D eigenvalue weighted by Gasteiger charge is 2.23. The zero-order valence-electron chi connectivity index (χ0n) is 17.5. The zero-order valence-corrected chi connectivity index (χ0v) is 17.5. The fraction of sp³-hybridized carbons (Fsp3) is 0.458. The molecule has 4 N–H and O–H groups in total. The van der Waals surface area contributed by atoms with Crippen LogP contribution in [-0.2, 0) is 17.8 Å². The molecule has 0 spiro atoms. The number of aryl methyl sites for hydroxylation is 2. The van der Waals surface area contributed by atoms with E-state index in [4.69, 9.17) is 0 Å². The number of anilines is 2. The van der Waals surface area contributed by atoms with Crippen LogP contribution < -0.4 is 10.6 Å². The maximum Gasteiger partial charge on any atom is 0.238 e. The van der Waals surface area contributed by atoms with Crippen molar-refractivity contribution in [3.8, 4) is 0 Å². The molecule has 2 aliphatic rings. The summed E-state index contributed by atoms with van der Waals surface area (Å²) in [7, 11) is 0. The van der Waals surface area contributed by atoms with Crippen molar-refractivity contribution < 1.29 is 15.0 Å². The van der Waals surface area contributed by atoms with E-state index in [0.29, 0.717) is 12.6 Å². The normalized spacial score (nSPS) is 19.5. The van der Waals surface area contributed by atoms with Gasteiger partial charge >= 0.3 is 0 Å². The molecule has 2 aromatic rings. The molecule has 0 aromatic heterocycles. The number of likely N-dealkylation sites (tertiary alicyclic amines) is 1. The van der Waals surface area contributed by atoms with Gasteiger partial charge in [-0.1, -0.05) is 24.3 Å². The van der Waals surface area contributed by atoms with Gasteiger partial charge in [0, 0.05) is 36.1 Å². The fourth-order valence-electron chi connectivity index (χ4n) is 4.58. The third-order valence-electron chi connectivity index (χ3n) is 6.31. The van der Waals surface area contributed by atoms with Crippen LogP contribution in [0.15, 0.2) is 36.4 Å². The van der Waals surface area contributed by atoms with Crippen molar-refractivity contribution >= 4 is 17.3 Å². The standard InChI is InChI=1S/C24H31N3O3/c1-16-3-2-4-18(15-28)24(16)26-19-9-11-27(12-10-19)14-23(30)25-20-6-7-21-17(13-20)5-8-22(21)29/h2-4,6-7,13,19,22,26,28-29H,5,8-12,14-15H2,1H3,(H,25,30). The molecule has 1 saturated heterocycles. The smallest absolute Gasteiger partial charge is 0.238 e. The Balaban J connectivity index is 1.26. The minimum Gasteiger partial charge on any atom is -0.392 e. The second-order valence-corrected chi connectivity index (χ2v) is 8.48. The molecule has 0 bridgehead atoms. The molecule has 1 heterocycles. The first kappa shape index (κ1) is 20.8. The molecule has 1 aliphatic heterocycles. The van der Waals surface area contributed by atoms with Crippen molar-refractivity contribution in [3.05, 3.63) is 58.7 Å². The van der Waals surface area contributed by atoms with E-state index in [9.17, 15) is 15.0 Å². The van der Waals surface area contributed by atoms with Crippen molar-refractivity contribution in [3.63, 3.8) is 0 Å². The Kier molecular flexibility index (Phi) is 6.37. The minimum atomic E-state index is -0.368. The number of hydrogen-bond acceptors (Lipinski definition) is 5. The van der Waals surface area contributed by atoms with Gasteiger partial charge in [-0.05, 0) is 61.4 Å². The van der Waals surface area contributed by atoms with Crippen molar-refractivity contribution in [2.24, 2.45) is 0 Å². The van der Waals surface area contributed by atoms with Gasteiger partial charge in [0.1, 0.15) is 0 Å². The van der Waals surface area contributed by atoms with E-state index in [-0.39, 0.29) is 18.6 Å². The maximum absolute atomic E-state index is 12.5. The average molecular weight is 410 g/mol. The van der Waals surface area contributed by atoms with E-state index in [0.717, 1.165) is 72.4 Å². The lowest BCUT2D eigenvalue weighted by atomic mass is 10.0. The molecule has 1 atom stereocenters. The second-order valence-electron chi connectivity index (χ2n) is 8.48. The van der Waals surface area contributed by atoms with Gasteiger partial charge in [-0.25, -0.2) is 0 Å². The Hall–Kier alpha value is -2.41. The van der Waals surface area contributed by atoms with Crippen molar-refractivity contribution in [2.75, 3.05) is 30.3 Å². The van der Waals surface area contributed by atoms with Crippen LogP contribution >= 0.6 is 0 Å². The SMILES string of the molecule is Cc1cccc(CO)c1NC1CCN(CC(=O)Nc2ccc3c(c2)CCC3O)CC1. The number of nitrogens with zero attached hydrogens (tertiary/aromatic N) is 1. The van der Waals surface area contributed by atoms with Crippen LogP contribution in [-0.4, -0.2) is 46.7 Å². The molecular weight excluding hydrogens is 378 g/mol. The topological polar surface area (TPSA) is 84.8 Å². The number of carbonyl (C=O) groups excluding carboxylic acids is 1. The number of fused-ring (bicyclic) bond motifs is 1. The molecule has 1 amide bonds. The molecule has 0 saturated carbocycles. The Bertz CT molecular complexity index is 907. The van der Waals surface area contributed by atoms with Crippen LogP contribution in [0.3, 0.4) is 0 Å². The number of para-hydroxylation sites is 1. The molecule has 6 nitrogen and oxygen atoms in total. The average Bonchev–Trinajstić information content (AvgIpc) is 3.11. The Labute approximate surface area is 177 Å². The van der Waals surface area contributed by atoms with E-state index >= 15 is 0 Å². The largest absolute Gasteiger partial charge is 0.392 e. The zero-order chi connectivity index (χ0) is 21.1. The molecule has 4 rings (SSSR count). The molecular formula is C24H31N3O3. The highest BCUT2D eigenvalue weighted by Crippen LogP contribution is 2.32. The van der Waals surface area contributed by atoms with Crippen molar-refractivity contribution in [1.82, 2.24) is 4.90 Å². The van der Waals surface area contributed by atoms with Crippen LogP contribution in [0.4, 0.5) is 11.4 Å². The number of hydrogen-bond donors (Lipinski definition) is 4. The summed E-state index contributed by atoms with van der Waals surface area (Å²) in [5.41, 5.74) is 6.04. The van der Waals surface area contributed by atoms with E-state index in [1.807, 2.05) is 30.3 Å². The van der Waals surface area contributed by atoms with E-state index in [2.05, 4.69) is 28.5 Å². The summed E-state index contributed by atoms with van der Waals surface area (Å²) in [6.45, 7) is 4.20. The van der Waals surface area contributed by atoms with Crippen LogP contribution in [0.5, 0.6) is 0 Å². The summed E-state index contributed by atoms with van der Waals surface area (Å²) in [6.07, 6.45) is 3.18. The molecule has 6 heteroatoms. The van der Waals surface area contributed by atoms with Crippen molar-refractivity contribution in [2.45, 2.75) is 51.4 Å². The van der Waals surface area contributed by atoms with Gasteiger partial charge in [-0.2, -0.15) is 0 Å². The summed E-state index contributed by atoms with van der Waals surface area (Å²) in [6, 6.07) is 12.1. The van der Waals surface area contributed by atoms with Crippen LogP contribution in [0.1, 0.15) is 47.6 Å². The number of aliphatic hydroxyl groups is 2. The Morgan fingerprint density at radius 1 is 1.17 bits per heavy atom. The highest BCUT2D eigenvalue weighted by atomic mass is 16.3. The first-order chi connectivity index (χ1) is 14.5. The molecule has 1 fully saturated rings. The first-order valence-electron chi connectivity index (χ1n) is 10.8. The second kappa shape index (κ2) is 9.16. The summed E-state index contributed by atoms with van der Waals surface area (Å²) < 4.78 is 0. The number of aliphatic hydroxyl groups excluding tert-OH is 2. The van der Waals surface area contributed by atoms with Crippen LogP contribution in [0, 0.1) is 6.92 Å². The van der Waals surface area contributed by atoms with Gasteiger partial charge in [0.05, 0.1) is 19.3 Å². The lowest BCUT2D eigenvalue weighted by Crippen LogP contribution is -2.42. The Morgan fingerprint density at radius 3 is 2.73 bits per heavy atom. The number of benzene rings is 2.